The molecule has 0 amide bonds. The largest absolute Gasteiger partial charge is 0.371 e. The second-order valence-electron chi connectivity index (χ2n) is 4.28. The van der Waals surface area contributed by atoms with Crippen molar-refractivity contribution in [3.8, 4) is 0 Å². The predicted molar refractivity (Wildman–Crippen MR) is 76.0 cm³/mol. The van der Waals surface area contributed by atoms with Crippen LogP contribution in [0.3, 0.4) is 0 Å². The number of hydrogen-bond donors (Lipinski definition) is 2. The Kier molecular flexibility index (Phi) is 5.21. The Morgan fingerprint density at radius 3 is 2.63 bits per heavy atom. The maximum atomic E-state index is 13.5. The Balaban J connectivity index is 1.88. The summed E-state index contributed by atoms with van der Waals surface area (Å²) in [5.41, 5.74) is 0. The van der Waals surface area contributed by atoms with Crippen molar-refractivity contribution in [1.82, 2.24) is 9.88 Å². The Morgan fingerprint density at radius 2 is 1.95 bits per heavy atom. The summed E-state index contributed by atoms with van der Waals surface area (Å²) in [5.74, 6) is 1.10. The van der Waals surface area contributed by atoms with Crippen LogP contribution >= 0.6 is 11.8 Å². The van der Waals surface area contributed by atoms with Crippen molar-refractivity contribution in [3.63, 3.8) is 0 Å². The van der Waals surface area contributed by atoms with Crippen molar-refractivity contribution in [2.45, 2.75) is 0 Å². The van der Waals surface area contributed by atoms with Crippen LogP contribution in [0.15, 0.2) is 6.07 Å². The summed E-state index contributed by atoms with van der Waals surface area (Å²) in [4.78, 5) is 6.20. The van der Waals surface area contributed by atoms with Crippen LogP contribution < -0.4 is 10.6 Å². The Hall–Kier alpha value is -1.08. The molecule has 0 atom stereocenters. The van der Waals surface area contributed by atoms with Crippen molar-refractivity contribution >= 4 is 23.4 Å². The lowest BCUT2D eigenvalue weighted by atomic mass is 10.4. The highest BCUT2D eigenvalue weighted by molar-refractivity contribution is 7.99. The van der Waals surface area contributed by atoms with Crippen LogP contribution in [-0.2, 0) is 0 Å². The van der Waals surface area contributed by atoms with E-state index in [2.05, 4.69) is 20.5 Å². The molecule has 0 aliphatic carbocycles. The predicted octanol–water partition coefficient (Wildman–Crippen LogP) is 1.86. The van der Waals surface area contributed by atoms with Gasteiger partial charge in [-0.25, -0.2) is 13.8 Å². The molecule has 0 spiro atoms. The van der Waals surface area contributed by atoms with Crippen molar-refractivity contribution in [2.75, 3.05) is 55.4 Å². The minimum atomic E-state index is -0.682. The van der Waals surface area contributed by atoms with E-state index in [0.29, 0.717) is 6.54 Å². The summed E-state index contributed by atoms with van der Waals surface area (Å²) in [5, 5.41) is 5.52. The number of aromatic nitrogens is 1. The van der Waals surface area contributed by atoms with Crippen LogP contribution in [0.1, 0.15) is 0 Å². The number of nitrogens with zero attached hydrogens (tertiary/aromatic N) is 2. The van der Waals surface area contributed by atoms with Crippen LogP contribution in [0.5, 0.6) is 0 Å². The van der Waals surface area contributed by atoms with E-state index in [0.717, 1.165) is 37.2 Å². The average molecular weight is 288 g/mol. The summed E-state index contributed by atoms with van der Waals surface area (Å²) in [6.07, 6.45) is 0. The molecule has 1 aromatic heterocycles. The molecule has 1 fully saturated rings. The zero-order valence-electron chi connectivity index (χ0n) is 10.9. The van der Waals surface area contributed by atoms with Gasteiger partial charge in [-0.2, -0.15) is 11.8 Å². The lowest BCUT2D eigenvalue weighted by Gasteiger charge is -2.26. The van der Waals surface area contributed by atoms with Crippen LogP contribution in [0.4, 0.5) is 20.4 Å². The second kappa shape index (κ2) is 6.91. The summed E-state index contributed by atoms with van der Waals surface area (Å²) in [6.45, 7) is 3.57. The molecule has 19 heavy (non-hydrogen) atoms. The van der Waals surface area contributed by atoms with Gasteiger partial charge >= 0.3 is 0 Å². The summed E-state index contributed by atoms with van der Waals surface area (Å²) in [7, 11) is 1.55. The maximum Gasteiger partial charge on any atom is 0.168 e. The van der Waals surface area contributed by atoms with Crippen molar-refractivity contribution in [2.24, 2.45) is 0 Å². The van der Waals surface area contributed by atoms with Crippen LogP contribution in [0.25, 0.3) is 0 Å². The Morgan fingerprint density at radius 1 is 1.26 bits per heavy atom. The quantitative estimate of drug-likeness (QED) is 0.865. The molecule has 7 heteroatoms. The molecule has 1 aromatic rings. The molecule has 0 unspecified atom stereocenters. The van der Waals surface area contributed by atoms with Gasteiger partial charge in [0.1, 0.15) is 0 Å². The normalized spacial score (nSPS) is 16.4. The minimum absolute atomic E-state index is 0.0540. The summed E-state index contributed by atoms with van der Waals surface area (Å²) >= 11 is 1.95. The van der Waals surface area contributed by atoms with Crippen LogP contribution in [0, 0.1) is 11.6 Å². The van der Waals surface area contributed by atoms with Gasteiger partial charge in [0.15, 0.2) is 23.3 Å². The third kappa shape index (κ3) is 3.94. The number of thioether (sulfide) groups is 1. The fourth-order valence-corrected chi connectivity index (χ4v) is 2.90. The zero-order chi connectivity index (χ0) is 13.7. The highest BCUT2D eigenvalue weighted by Crippen LogP contribution is 2.18. The third-order valence-electron chi connectivity index (χ3n) is 2.99. The molecule has 1 saturated heterocycles. The number of anilines is 2. The molecule has 1 aliphatic heterocycles. The molecule has 1 aliphatic rings. The van der Waals surface area contributed by atoms with Gasteiger partial charge in [-0.1, -0.05) is 0 Å². The number of nitrogens with one attached hydrogen (secondary N) is 2. The fraction of sp³-hybridized carbons (Fsp3) is 0.583. The maximum absolute atomic E-state index is 13.5. The number of rotatable bonds is 5. The van der Waals surface area contributed by atoms with E-state index in [1.54, 1.807) is 7.05 Å². The highest BCUT2D eigenvalue weighted by atomic mass is 32.2. The van der Waals surface area contributed by atoms with E-state index >= 15 is 0 Å². The first-order valence-corrected chi connectivity index (χ1v) is 7.44. The molecule has 0 saturated carbocycles. The SMILES string of the molecule is CNc1nc(NCCN2CCSCC2)c(F)cc1F. The van der Waals surface area contributed by atoms with Gasteiger partial charge in [-0.05, 0) is 0 Å². The summed E-state index contributed by atoms with van der Waals surface area (Å²) in [6, 6.07) is 0.846. The molecule has 106 valence electrons. The second-order valence-corrected chi connectivity index (χ2v) is 5.50. The van der Waals surface area contributed by atoms with E-state index < -0.39 is 11.6 Å². The van der Waals surface area contributed by atoms with Gasteiger partial charge in [-0.15, -0.1) is 0 Å². The smallest absolute Gasteiger partial charge is 0.168 e. The molecule has 2 rings (SSSR count). The van der Waals surface area contributed by atoms with E-state index in [4.69, 9.17) is 0 Å². The highest BCUT2D eigenvalue weighted by Gasteiger charge is 2.12. The van der Waals surface area contributed by atoms with E-state index in [-0.39, 0.29) is 11.6 Å². The molecule has 4 nitrogen and oxygen atoms in total. The van der Waals surface area contributed by atoms with E-state index in [9.17, 15) is 8.78 Å². The van der Waals surface area contributed by atoms with Crippen molar-refractivity contribution < 1.29 is 8.78 Å². The minimum Gasteiger partial charge on any atom is -0.371 e. The van der Waals surface area contributed by atoms with Crippen molar-refractivity contribution in [3.05, 3.63) is 17.7 Å². The van der Waals surface area contributed by atoms with Gasteiger partial charge in [-0.3, -0.25) is 4.90 Å². The van der Waals surface area contributed by atoms with E-state index in [1.807, 2.05) is 11.8 Å². The van der Waals surface area contributed by atoms with Crippen LogP contribution in [0.2, 0.25) is 0 Å². The Bertz CT molecular complexity index is 424. The van der Waals surface area contributed by atoms with E-state index in [1.165, 1.54) is 0 Å². The fourth-order valence-electron chi connectivity index (χ4n) is 1.92. The molecular formula is C12H18F2N4S. The first kappa shape index (κ1) is 14.3. The van der Waals surface area contributed by atoms with Gasteiger partial charge in [0.25, 0.3) is 0 Å². The van der Waals surface area contributed by atoms with Gasteiger partial charge in [0.05, 0.1) is 0 Å². The van der Waals surface area contributed by atoms with Crippen LogP contribution in [-0.4, -0.2) is 54.6 Å². The monoisotopic (exact) mass is 288 g/mol. The van der Waals surface area contributed by atoms with Gasteiger partial charge < -0.3 is 10.6 Å². The molecular weight excluding hydrogens is 270 g/mol. The molecule has 2 heterocycles. The molecule has 0 bridgehead atoms. The van der Waals surface area contributed by atoms with Gasteiger partial charge in [0.2, 0.25) is 0 Å². The standard InChI is InChI=1S/C12H18F2N4S/c1-15-11-9(13)8-10(14)12(17-11)16-2-3-18-4-6-19-7-5-18/h8H,2-7H2,1H3,(H2,15,16,17). The Labute approximate surface area is 116 Å². The number of pyridine rings is 1. The lowest BCUT2D eigenvalue weighted by molar-refractivity contribution is 0.314. The first-order chi connectivity index (χ1) is 9.20. The summed E-state index contributed by atoms with van der Waals surface area (Å²) < 4.78 is 26.8. The molecule has 2 N–H and O–H groups in total. The third-order valence-corrected chi connectivity index (χ3v) is 3.93. The average Bonchev–Trinajstić information content (AvgIpc) is 2.42. The molecule has 0 radical (unpaired) electrons. The lowest BCUT2D eigenvalue weighted by Crippen LogP contribution is -2.36. The first-order valence-electron chi connectivity index (χ1n) is 6.28. The number of hydrogen-bond acceptors (Lipinski definition) is 5. The molecule has 0 aromatic carbocycles. The number of halogens is 2. The van der Waals surface area contributed by atoms with Crippen molar-refractivity contribution in [1.29, 1.82) is 0 Å². The van der Waals surface area contributed by atoms with Gasteiger partial charge in [0, 0.05) is 50.8 Å². The topological polar surface area (TPSA) is 40.2 Å². The zero-order valence-corrected chi connectivity index (χ0v) is 11.7.